The molecule has 0 saturated carbocycles. The first kappa shape index (κ1) is 16.7. The topological polar surface area (TPSA) is 119 Å². The van der Waals surface area contributed by atoms with Gasteiger partial charge in [-0.3, -0.25) is 14.8 Å². The standard InChI is InChI=1S/C14H14N2O6S/c1-23(20,21)15-12-7-10(9-17)13(16(18)19)8-14(12)22-11-5-3-2-4-6-11/h2-8,15,17H,9H2,1H3. The molecule has 9 heteroatoms. The molecular formula is C14H14N2O6S. The van der Waals surface area contributed by atoms with E-state index in [9.17, 15) is 23.6 Å². The molecule has 23 heavy (non-hydrogen) atoms. The number of ether oxygens (including phenoxy) is 1. The second kappa shape index (κ2) is 6.63. The lowest BCUT2D eigenvalue weighted by molar-refractivity contribution is -0.385. The van der Waals surface area contributed by atoms with Gasteiger partial charge in [0.15, 0.2) is 5.75 Å². The minimum Gasteiger partial charge on any atom is -0.455 e. The fourth-order valence-electron chi connectivity index (χ4n) is 1.89. The molecular weight excluding hydrogens is 324 g/mol. The van der Waals surface area contributed by atoms with Crippen molar-refractivity contribution in [1.82, 2.24) is 0 Å². The molecule has 0 heterocycles. The number of aliphatic hydroxyl groups excluding tert-OH is 1. The summed E-state index contributed by atoms with van der Waals surface area (Å²) in [6, 6.07) is 10.7. The Kier molecular flexibility index (Phi) is 4.82. The summed E-state index contributed by atoms with van der Waals surface area (Å²) in [6.07, 6.45) is 0.944. The van der Waals surface area contributed by atoms with E-state index < -0.39 is 21.6 Å². The van der Waals surface area contributed by atoms with Gasteiger partial charge in [-0.1, -0.05) is 18.2 Å². The lowest BCUT2D eigenvalue weighted by Gasteiger charge is -2.13. The van der Waals surface area contributed by atoms with Gasteiger partial charge in [-0.2, -0.15) is 0 Å². The van der Waals surface area contributed by atoms with Crippen LogP contribution in [0.3, 0.4) is 0 Å². The highest BCUT2D eigenvalue weighted by Crippen LogP contribution is 2.36. The molecule has 122 valence electrons. The quantitative estimate of drug-likeness (QED) is 0.616. The van der Waals surface area contributed by atoms with Crippen LogP contribution in [-0.2, 0) is 16.6 Å². The summed E-state index contributed by atoms with van der Waals surface area (Å²) in [5, 5.41) is 20.3. The van der Waals surface area contributed by atoms with Crippen LogP contribution in [0.15, 0.2) is 42.5 Å². The number of rotatable bonds is 6. The second-order valence-corrected chi connectivity index (χ2v) is 6.43. The Hall–Kier alpha value is -2.65. The molecule has 0 aliphatic heterocycles. The smallest absolute Gasteiger partial charge is 0.278 e. The molecule has 0 spiro atoms. The first-order chi connectivity index (χ1) is 10.8. The highest BCUT2D eigenvalue weighted by molar-refractivity contribution is 7.92. The third-order valence-corrected chi connectivity index (χ3v) is 3.40. The van der Waals surface area contributed by atoms with Crippen LogP contribution in [0.5, 0.6) is 11.5 Å². The van der Waals surface area contributed by atoms with Crippen molar-refractivity contribution in [3.05, 3.63) is 58.1 Å². The van der Waals surface area contributed by atoms with Crippen LogP contribution < -0.4 is 9.46 Å². The minimum atomic E-state index is -3.63. The lowest BCUT2D eigenvalue weighted by Crippen LogP contribution is -2.11. The monoisotopic (exact) mass is 338 g/mol. The number of nitro groups is 1. The van der Waals surface area contributed by atoms with Gasteiger partial charge in [-0.05, 0) is 18.2 Å². The Morgan fingerprint density at radius 1 is 1.26 bits per heavy atom. The second-order valence-electron chi connectivity index (χ2n) is 4.68. The van der Waals surface area contributed by atoms with Crippen LogP contribution in [0.25, 0.3) is 0 Å². The molecule has 8 nitrogen and oxygen atoms in total. The van der Waals surface area contributed by atoms with E-state index in [0.717, 1.165) is 12.3 Å². The number of para-hydroxylation sites is 1. The van der Waals surface area contributed by atoms with Crippen LogP contribution in [-0.4, -0.2) is 24.7 Å². The predicted molar refractivity (Wildman–Crippen MR) is 84.0 cm³/mol. The maximum absolute atomic E-state index is 11.5. The van der Waals surface area contributed by atoms with Crippen LogP contribution in [0, 0.1) is 10.1 Å². The van der Waals surface area contributed by atoms with Gasteiger partial charge in [0.05, 0.1) is 35.1 Å². The third-order valence-electron chi connectivity index (χ3n) is 2.81. The molecule has 2 rings (SSSR count). The summed E-state index contributed by atoms with van der Waals surface area (Å²) in [6.45, 7) is -0.611. The Morgan fingerprint density at radius 3 is 2.43 bits per heavy atom. The zero-order valence-corrected chi connectivity index (χ0v) is 12.9. The van der Waals surface area contributed by atoms with Gasteiger partial charge >= 0.3 is 0 Å². The van der Waals surface area contributed by atoms with Gasteiger partial charge < -0.3 is 9.84 Å². The normalized spacial score (nSPS) is 11.0. The predicted octanol–water partition coefficient (Wildman–Crippen LogP) is 2.25. The molecule has 0 saturated heterocycles. The molecule has 0 atom stereocenters. The lowest BCUT2D eigenvalue weighted by atomic mass is 10.1. The Morgan fingerprint density at radius 2 is 1.91 bits per heavy atom. The van der Waals surface area contributed by atoms with E-state index in [1.165, 1.54) is 6.07 Å². The highest BCUT2D eigenvalue weighted by atomic mass is 32.2. The number of anilines is 1. The number of benzene rings is 2. The van der Waals surface area contributed by atoms with Crippen molar-refractivity contribution in [3.8, 4) is 11.5 Å². The number of hydrogen-bond acceptors (Lipinski definition) is 6. The van der Waals surface area contributed by atoms with E-state index in [1.54, 1.807) is 30.3 Å². The van der Waals surface area contributed by atoms with E-state index in [4.69, 9.17) is 4.74 Å². The van der Waals surface area contributed by atoms with Gasteiger partial charge in [0.1, 0.15) is 5.75 Å². The summed E-state index contributed by atoms with van der Waals surface area (Å²) in [5.74, 6) is 0.348. The summed E-state index contributed by atoms with van der Waals surface area (Å²) >= 11 is 0. The summed E-state index contributed by atoms with van der Waals surface area (Å²) in [4.78, 5) is 10.4. The molecule has 0 bridgehead atoms. The molecule has 2 aromatic rings. The Labute approximate surface area is 132 Å². The van der Waals surface area contributed by atoms with Crippen LogP contribution in [0.1, 0.15) is 5.56 Å². The van der Waals surface area contributed by atoms with Gasteiger partial charge in [0.2, 0.25) is 10.0 Å². The number of nitrogens with one attached hydrogen (secondary N) is 1. The Balaban J connectivity index is 2.55. The zero-order chi connectivity index (χ0) is 17.0. The van der Waals surface area contributed by atoms with E-state index in [2.05, 4.69) is 4.72 Å². The molecule has 0 aromatic heterocycles. The molecule has 2 aromatic carbocycles. The highest BCUT2D eigenvalue weighted by Gasteiger charge is 2.20. The zero-order valence-electron chi connectivity index (χ0n) is 12.1. The van der Waals surface area contributed by atoms with Gasteiger partial charge in [0, 0.05) is 0 Å². The number of aliphatic hydroxyl groups is 1. The number of hydrogen-bond donors (Lipinski definition) is 2. The molecule has 0 aliphatic rings. The van der Waals surface area contributed by atoms with E-state index >= 15 is 0 Å². The van der Waals surface area contributed by atoms with Crippen LogP contribution in [0.2, 0.25) is 0 Å². The van der Waals surface area contributed by atoms with Crippen molar-refractivity contribution < 1.29 is 23.2 Å². The average Bonchev–Trinajstić information content (AvgIpc) is 2.48. The summed E-state index contributed by atoms with van der Waals surface area (Å²) < 4.78 is 30.7. The Bertz CT molecular complexity index is 821. The molecule has 0 fully saturated rings. The fraction of sp³-hybridized carbons (Fsp3) is 0.143. The number of nitro benzene ring substituents is 1. The minimum absolute atomic E-state index is 0.00556. The first-order valence-corrected chi connectivity index (χ1v) is 8.32. The van der Waals surface area contributed by atoms with Gasteiger partial charge in [-0.25, -0.2) is 8.42 Å². The molecule has 0 radical (unpaired) electrons. The van der Waals surface area contributed by atoms with Gasteiger partial charge in [-0.15, -0.1) is 0 Å². The number of nitrogens with zero attached hydrogens (tertiary/aromatic N) is 1. The van der Waals surface area contributed by atoms with E-state index in [-0.39, 0.29) is 22.7 Å². The number of sulfonamides is 1. The fourth-order valence-corrected chi connectivity index (χ4v) is 2.45. The molecule has 0 amide bonds. The van der Waals surface area contributed by atoms with Crippen molar-refractivity contribution in [1.29, 1.82) is 0 Å². The SMILES string of the molecule is CS(=O)(=O)Nc1cc(CO)c([N+](=O)[O-])cc1Oc1ccccc1. The van der Waals surface area contributed by atoms with Crippen molar-refractivity contribution in [2.45, 2.75) is 6.61 Å². The molecule has 0 unspecified atom stereocenters. The first-order valence-electron chi connectivity index (χ1n) is 6.43. The maximum Gasteiger partial charge on any atom is 0.278 e. The van der Waals surface area contributed by atoms with Crippen molar-refractivity contribution in [2.75, 3.05) is 11.0 Å². The largest absolute Gasteiger partial charge is 0.455 e. The van der Waals surface area contributed by atoms with Crippen molar-refractivity contribution in [2.24, 2.45) is 0 Å². The van der Waals surface area contributed by atoms with E-state index in [1.807, 2.05) is 0 Å². The summed E-state index contributed by atoms with van der Waals surface area (Å²) in [5.41, 5.74) is -0.384. The average molecular weight is 338 g/mol. The maximum atomic E-state index is 11.5. The van der Waals surface area contributed by atoms with E-state index in [0.29, 0.717) is 5.75 Å². The van der Waals surface area contributed by atoms with Crippen molar-refractivity contribution >= 4 is 21.4 Å². The van der Waals surface area contributed by atoms with Crippen LogP contribution in [0.4, 0.5) is 11.4 Å². The van der Waals surface area contributed by atoms with Gasteiger partial charge in [0.25, 0.3) is 5.69 Å². The van der Waals surface area contributed by atoms with Crippen molar-refractivity contribution in [3.63, 3.8) is 0 Å². The summed E-state index contributed by atoms with van der Waals surface area (Å²) in [7, 11) is -3.63. The third kappa shape index (κ3) is 4.41. The molecule has 0 aliphatic carbocycles. The van der Waals surface area contributed by atoms with Crippen LogP contribution >= 0.6 is 0 Å². The molecule has 2 N–H and O–H groups in total.